The first-order valence-corrected chi connectivity index (χ1v) is 7.99. The zero-order valence-corrected chi connectivity index (χ0v) is 11.1. The molecule has 1 heterocycles. The van der Waals surface area contributed by atoms with Crippen molar-refractivity contribution in [2.45, 2.75) is 44.6 Å². The molecule has 2 rings (SSSR count). The van der Waals surface area contributed by atoms with E-state index in [2.05, 4.69) is 17.1 Å². The topological polar surface area (TPSA) is 21.3 Å². The minimum Gasteiger partial charge on any atom is -0.381 e. The van der Waals surface area contributed by atoms with Gasteiger partial charge in [0.2, 0.25) is 0 Å². The maximum Gasteiger partial charge on any atom is 0.0480 e. The van der Waals surface area contributed by atoms with Crippen molar-refractivity contribution in [1.82, 2.24) is 5.32 Å². The summed E-state index contributed by atoms with van der Waals surface area (Å²) in [5, 5.41) is 3.65. The molecule has 0 unspecified atom stereocenters. The van der Waals surface area contributed by atoms with Gasteiger partial charge in [0.05, 0.1) is 0 Å². The normalized spacial score (nSPS) is 24.0. The van der Waals surface area contributed by atoms with Crippen LogP contribution in [0.25, 0.3) is 0 Å². The molecular formula is C13H25NOS. The molecule has 16 heavy (non-hydrogen) atoms. The van der Waals surface area contributed by atoms with Gasteiger partial charge in [0.1, 0.15) is 0 Å². The third-order valence-electron chi connectivity index (χ3n) is 3.73. The first-order chi connectivity index (χ1) is 7.95. The summed E-state index contributed by atoms with van der Waals surface area (Å²) in [5.74, 6) is 3.72. The van der Waals surface area contributed by atoms with Gasteiger partial charge in [0.25, 0.3) is 0 Å². The molecule has 1 aliphatic carbocycles. The lowest BCUT2D eigenvalue weighted by atomic mass is 10.1. The quantitative estimate of drug-likeness (QED) is 0.725. The Morgan fingerprint density at radius 1 is 1.06 bits per heavy atom. The summed E-state index contributed by atoms with van der Waals surface area (Å²) >= 11 is 2.15. The van der Waals surface area contributed by atoms with E-state index in [1.165, 1.54) is 56.6 Å². The van der Waals surface area contributed by atoms with Crippen molar-refractivity contribution in [3.05, 3.63) is 0 Å². The van der Waals surface area contributed by atoms with Crippen LogP contribution in [0.1, 0.15) is 38.5 Å². The van der Waals surface area contributed by atoms with Crippen LogP contribution in [0.15, 0.2) is 0 Å². The standard InChI is InChI=1S/C13H25NOS/c1-2-4-12(3-1)11-16-10-7-14-13-5-8-15-9-6-13/h12-14H,1-11H2. The molecule has 94 valence electrons. The maximum absolute atomic E-state index is 5.35. The van der Waals surface area contributed by atoms with Gasteiger partial charge in [-0.3, -0.25) is 0 Å². The van der Waals surface area contributed by atoms with Gasteiger partial charge in [0, 0.05) is 31.6 Å². The fourth-order valence-corrected chi connectivity index (χ4v) is 3.76. The Morgan fingerprint density at radius 3 is 2.56 bits per heavy atom. The Morgan fingerprint density at radius 2 is 1.81 bits per heavy atom. The number of hydrogen-bond acceptors (Lipinski definition) is 3. The summed E-state index contributed by atoms with van der Waals surface area (Å²) in [7, 11) is 0. The first-order valence-electron chi connectivity index (χ1n) is 6.84. The second kappa shape index (κ2) is 7.57. The van der Waals surface area contributed by atoms with Crippen molar-refractivity contribution in [2.75, 3.05) is 31.3 Å². The summed E-state index contributed by atoms with van der Waals surface area (Å²) in [6.07, 6.45) is 8.33. The van der Waals surface area contributed by atoms with Gasteiger partial charge < -0.3 is 10.1 Å². The lowest BCUT2D eigenvalue weighted by Gasteiger charge is -2.23. The number of thioether (sulfide) groups is 1. The van der Waals surface area contributed by atoms with Crippen LogP contribution in [-0.2, 0) is 4.74 Å². The van der Waals surface area contributed by atoms with Gasteiger partial charge in [-0.25, -0.2) is 0 Å². The van der Waals surface area contributed by atoms with Crippen molar-refractivity contribution in [3.8, 4) is 0 Å². The smallest absolute Gasteiger partial charge is 0.0480 e. The van der Waals surface area contributed by atoms with E-state index < -0.39 is 0 Å². The lowest BCUT2D eigenvalue weighted by Crippen LogP contribution is -2.36. The highest BCUT2D eigenvalue weighted by atomic mass is 32.2. The SMILES string of the molecule is C1CCC(CSCCNC2CCOCC2)C1. The molecule has 2 aliphatic rings. The number of nitrogens with one attached hydrogen (secondary N) is 1. The van der Waals surface area contributed by atoms with E-state index in [0.717, 1.165) is 25.2 Å². The molecule has 0 spiro atoms. The van der Waals surface area contributed by atoms with E-state index in [9.17, 15) is 0 Å². The largest absolute Gasteiger partial charge is 0.381 e. The summed E-state index contributed by atoms with van der Waals surface area (Å²) in [4.78, 5) is 0. The van der Waals surface area contributed by atoms with Crippen LogP contribution in [0.4, 0.5) is 0 Å². The van der Waals surface area contributed by atoms with Gasteiger partial charge in [-0.05, 0) is 37.4 Å². The summed E-state index contributed by atoms with van der Waals surface area (Å²) in [5.41, 5.74) is 0. The van der Waals surface area contributed by atoms with Crippen LogP contribution in [0.3, 0.4) is 0 Å². The Bertz CT molecular complexity index is 177. The Kier molecular flexibility index (Phi) is 6.02. The van der Waals surface area contributed by atoms with Crippen molar-refractivity contribution in [3.63, 3.8) is 0 Å². The van der Waals surface area contributed by atoms with E-state index in [4.69, 9.17) is 4.74 Å². The average molecular weight is 243 g/mol. The zero-order valence-electron chi connectivity index (χ0n) is 10.2. The van der Waals surface area contributed by atoms with Crippen molar-refractivity contribution < 1.29 is 4.74 Å². The number of rotatable bonds is 6. The van der Waals surface area contributed by atoms with E-state index >= 15 is 0 Å². The lowest BCUT2D eigenvalue weighted by molar-refractivity contribution is 0.0786. The third-order valence-corrected chi connectivity index (χ3v) is 4.93. The second-order valence-corrected chi connectivity index (χ2v) is 6.22. The van der Waals surface area contributed by atoms with E-state index in [1.807, 2.05) is 0 Å². The molecule has 0 atom stereocenters. The van der Waals surface area contributed by atoms with Crippen LogP contribution >= 0.6 is 11.8 Å². The molecule has 2 fully saturated rings. The molecule has 0 radical (unpaired) electrons. The molecule has 1 saturated heterocycles. The summed E-state index contributed by atoms with van der Waals surface area (Å²) in [6, 6.07) is 0.723. The molecule has 0 aromatic heterocycles. The van der Waals surface area contributed by atoms with Crippen LogP contribution < -0.4 is 5.32 Å². The number of ether oxygens (including phenoxy) is 1. The molecule has 0 bridgehead atoms. The predicted molar refractivity (Wildman–Crippen MR) is 71.1 cm³/mol. The fraction of sp³-hybridized carbons (Fsp3) is 1.00. The number of hydrogen-bond donors (Lipinski definition) is 1. The maximum atomic E-state index is 5.35. The molecular weight excluding hydrogens is 218 g/mol. The van der Waals surface area contributed by atoms with Gasteiger partial charge in [-0.15, -0.1) is 0 Å². The van der Waals surface area contributed by atoms with E-state index in [-0.39, 0.29) is 0 Å². The molecule has 0 aromatic carbocycles. The Balaban J connectivity index is 1.42. The van der Waals surface area contributed by atoms with Gasteiger partial charge in [-0.1, -0.05) is 12.8 Å². The van der Waals surface area contributed by atoms with Gasteiger partial charge in [-0.2, -0.15) is 11.8 Å². The van der Waals surface area contributed by atoms with E-state index in [0.29, 0.717) is 0 Å². The van der Waals surface area contributed by atoms with Crippen LogP contribution in [0, 0.1) is 5.92 Å². The average Bonchev–Trinajstić information content (AvgIpc) is 2.83. The molecule has 3 heteroatoms. The molecule has 1 aliphatic heterocycles. The van der Waals surface area contributed by atoms with Crippen LogP contribution in [-0.4, -0.2) is 37.3 Å². The molecule has 0 amide bonds. The minimum absolute atomic E-state index is 0.723. The van der Waals surface area contributed by atoms with E-state index in [1.54, 1.807) is 0 Å². The molecule has 0 aromatic rings. The highest BCUT2D eigenvalue weighted by Gasteiger charge is 2.15. The third kappa shape index (κ3) is 4.64. The Labute approximate surface area is 104 Å². The molecule has 2 nitrogen and oxygen atoms in total. The molecule has 1 N–H and O–H groups in total. The van der Waals surface area contributed by atoms with Crippen LogP contribution in [0.5, 0.6) is 0 Å². The first kappa shape index (κ1) is 12.7. The highest BCUT2D eigenvalue weighted by Crippen LogP contribution is 2.27. The predicted octanol–water partition coefficient (Wildman–Crippen LogP) is 2.68. The fourth-order valence-electron chi connectivity index (χ4n) is 2.66. The summed E-state index contributed by atoms with van der Waals surface area (Å²) < 4.78 is 5.35. The van der Waals surface area contributed by atoms with Crippen molar-refractivity contribution in [2.24, 2.45) is 5.92 Å². The van der Waals surface area contributed by atoms with Crippen LogP contribution in [0.2, 0.25) is 0 Å². The van der Waals surface area contributed by atoms with Gasteiger partial charge >= 0.3 is 0 Å². The summed E-state index contributed by atoms with van der Waals surface area (Å²) in [6.45, 7) is 3.09. The van der Waals surface area contributed by atoms with Crippen molar-refractivity contribution in [1.29, 1.82) is 0 Å². The second-order valence-electron chi connectivity index (χ2n) is 5.07. The van der Waals surface area contributed by atoms with Gasteiger partial charge in [0.15, 0.2) is 0 Å². The highest BCUT2D eigenvalue weighted by molar-refractivity contribution is 7.99. The minimum atomic E-state index is 0.723. The molecule has 1 saturated carbocycles. The Hall–Kier alpha value is 0.270. The monoisotopic (exact) mass is 243 g/mol. The van der Waals surface area contributed by atoms with Crippen molar-refractivity contribution >= 4 is 11.8 Å². The zero-order chi connectivity index (χ0) is 11.1.